The summed E-state index contributed by atoms with van der Waals surface area (Å²) in [6.07, 6.45) is 3.75. The minimum absolute atomic E-state index is 0.00218. The van der Waals surface area contributed by atoms with Crippen LogP contribution in [0.15, 0.2) is 59.6 Å². The number of nitrogens with one attached hydrogen (secondary N) is 1. The zero-order valence-corrected chi connectivity index (χ0v) is 15.9. The van der Waals surface area contributed by atoms with Gasteiger partial charge in [0.15, 0.2) is 0 Å². The monoisotopic (exact) mass is 381 g/mol. The Morgan fingerprint density at radius 3 is 2.63 bits per heavy atom. The first-order chi connectivity index (χ1) is 13.3. The molecule has 1 saturated heterocycles. The first-order valence-electron chi connectivity index (χ1n) is 9.13. The van der Waals surface area contributed by atoms with Gasteiger partial charge in [-0.05, 0) is 34.5 Å². The Hall–Kier alpha value is -2.64. The topological polar surface area (TPSA) is 53.4 Å². The van der Waals surface area contributed by atoms with Crippen molar-refractivity contribution in [3.8, 4) is 5.69 Å². The molecular weight excluding hydrogens is 358 g/mol. The van der Waals surface area contributed by atoms with E-state index in [1.165, 1.54) is 5.56 Å². The van der Waals surface area contributed by atoms with E-state index in [1.807, 2.05) is 46.1 Å². The van der Waals surface area contributed by atoms with Crippen molar-refractivity contribution in [3.05, 3.63) is 70.7 Å². The summed E-state index contributed by atoms with van der Waals surface area (Å²) >= 11 is 1.73. The van der Waals surface area contributed by atoms with Gasteiger partial charge >= 0.3 is 6.03 Å². The molecule has 0 radical (unpaired) electrons. The summed E-state index contributed by atoms with van der Waals surface area (Å²) in [6.45, 7) is 4.81. The van der Waals surface area contributed by atoms with E-state index in [0.717, 1.165) is 44.0 Å². The van der Waals surface area contributed by atoms with Crippen LogP contribution in [-0.4, -0.2) is 51.8 Å². The molecular formula is C20H23N5OS. The number of rotatable bonds is 5. The van der Waals surface area contributed by atoms with E-state index in [4.69, 9.17) is 0 Å². The standard InChI is InChI=1S/C20H23N5OS/c26-20(24-9-7-23(8-10-24)14-17-6-11-27-16-17)21-12-18-13-22-25(15-18)19-4-2-1-3-5-19/h1-6,11,13,15-16H,7-10,12,14H2,(H,21,26). The Kier molecular flexibility index (Phi) is 5.50. The first kappa shape index (κ1) is 17.8. The molecule has 2 amide bonds. The summed E-state index contributed by atoms with van der Waals surface area (Å²) in [5.74, 6) is 0. The number of urea groups is 1. The second kappa shape index (κ2) is 8.37. The van der Waals surface area contributed by atoms with E-state index in [9.17, 15) is 4.79 Å². The number of amides is 2. The van der Waals surface area contributed by atoms with Gasteiger partial charge in [0, 0.05) is 51.0 Å². The molecule has 0 atom stereocenters. The predicted octanol–water partition coefficient (Wildman–Crippen LogP) is 2.96. The van der Waals surface area contributed by atoms with Gasteiger partial charge < -0.3 is 10.2 Å². The van der Waals surface area contributed by atoms with Crippen molar-refractivity contribution in [2.24, 2.45) is 0 Å². The highest BCUT2D eigenvalue weighted by Crippen LogP contribution is 2.12. The number of benzene rings is 1. The Morgan fingerprint density at radius 2 is 1.89 bits per heavy atom. The lowest BCUT2D eigenvalue weighted by Crippen LogP contribution is -2.51. The molecule has 4 rings (SSSR count). The zero-order valence-electron chi connectivity index (χ0n) is 15.1. The normalized spacial score (nSPS) is 15.0. The maximum Gasteiger partial charge on any atom is 0.317 e. The molecule has 3 aromatic rings. The number of carbonyl (C=O) groups is 1. The van der Waals surface area contributed by atoms with Crippen molar-refractivity contribution in [1.29, 1.82) is 0 Å². The molecule has 0 spiro atoms. The molecule has 7 heteroatoms. The third-order valence-corrected chi connectivity index (χ3v) is 5.48. The number of nitrogens with zero attached hydrogens (tertiary/aromatic N) is 4. The zero-order chi connectivity index (χ0) is 18.5. The van der Waals surface area contributed by atoms with Crippen molar-refractivity contribution in [1.82, 2.24) is 24.9 Å². The minimum Gasteiger partial charge on any atom is -0.334 e. The summed E-state index contributed by atoms with van der Waals surface area (Å²) in [4.78, 5) is 16.7. The van der Waals surface area contributed by atoms with Gasteiger partial charge in [-0.15, -0.1) is 0 Å². The molecule has 27 heavy (non-hydrogen) atoms. The van der Waals surface area contributed by atoms with Gasteiger partial charge in [0.25, 0.3) is 0 Å². The number of carbonyl (C=O) groups excluding carboxylic acids is 1. The highest BCUT2D eigenvalue weighted by Gasteiger charge is 2.21. The molecule has 1 aliphatic heterocycles. The predicted molar refractivity (Wildman–Crippen MR) is 107 cm³/mol. The molecule has 0 unspecified atom stereocenters. The molecule has 1 N–H and O–H groups in total. The van der Waals surface area contributed by atoms with Gasteiger partial charge in [0.1, 0.15) is 0 Å². The number of hydrogen-bond acceptors (Lipinski definition) is 4. The highest BCUT2D eigenvalue weighted by molar-refractivity contribution is 7.07. The van der Waals surface area contributed by atoms with Gasteiger partial charge in [-0.25, -0.2) is 9.48 Å². The van der Waals surface area contributed by atoms with Crippen molar-refractivity contribution < 1.29 is 4.79 Å². The first-order valence-corrected chi connectivity index (χ1v) is 10.1. The third kappa shape index (κ3) is 4.56. The van der Waals surface area contributed by atoms with E-state index in [-0.39, 0.29) is 6.03 Å². The van der Waals surface area contributed by atoms with E-state index < -0.39 is 0 Å². The van der Waals surface area contributed by atoms with Crippen LogP contribution >= 0.6 is 11.3 Å². The van der Waals surface area contributed by atoms with Crippen LogP contribution in [0.2, 0.25) is 0 Å². The van der Waals surface area contributed by atoms with E-state index >= 15 is 0 Å². The van der Waals surface area contributed by atoms with Crippen LogP contribution in [0.1, 0.15) is 11.1 Å². The fourth-order valence-electron chi connectivity index (χ4n) is 3.21. The molecule has 1 aromatic carbocycles. The van der Waals surface area contributed by atoms with Gasteiger partial charge in [0.2, 0.25) is 0 Å². The van der Waals surface area contributed by atoms with E-state index in [2.05, 4.69) is 32.1 Å². The molecule has 3 heterocycles. The SMILES string of the molecule is O=C(NCc1cnn(-c2ccccc2)c1)N1CCN(Cc2ccsc2)CC1. The van der Waals surface area contributed by atoms with Crippen molar-refractivity contribution >= 4 is 17.4 Å². The van der Waals surface area contributed by atoms with Gasteiger partial charge in [-0.3, -0.25) is 4.90 Å². The number of aromatic nitrogens is 2. The fraction of sp³-hybridized carbons (Fsp3) is 0.300. The van der Waals surface area contributed by atoms with Crippen molar-refractivity contribution in [2.45, 2.75) is 13.1 Å². The molecule has 1 fully saturated rings. The van der Waals surface area contributed by atoms with Crippen LogP contribution in [0.25, 0.3) is 5.69 Å². The van der Waals surface area contributed by atoms with Crippen LogP contribution in [0.5, 0.6) is 0 Å². The number of piperazine rings is 1. The quantitative estimate of drug-likeness (QED) is 0.739. The van der Waals surface area contributed by atoms with Crippen LogP contribution in [0.4, 0.5) is 4.79 Å². The van der Waals surface area contributed by atoms with Crippen LogP contribution in [-0.2, 0) is 13.1 Å². The Bertz CT molecular complexity index is 854. The van der Waals surface area contributed by atoms with Gasteiger partial charge in [-0.1, -0.05) is 18.2 Å². The molecule has 2 aromatic heterocycles. The van der Waals surface area contributed by atoms with Crippen molar-refractivity contribution in [2.75, 3.05) is 26.2 Å². The summed E-state index contributed by atoms with van der Waals surface area (Å²) in [7, 11) is 0. The largest absolute Gasteiger partial charge is 0.334 e. The number of hydrogen-bond donors (Lipinski definition) is 1. The average Bonchev–Trinajstić information content (AvgIpc) is 3.39. The third-order valence-electron chi connectivity index (χ3n) is 4.75. The molecule has 6 nitrogen and oxygen atoms in total. The minimum atomic E-state index is -0.00218. The van der Waals surface area contributed by atoms with E-state index in [0.29, 0.717) is 6.54 Å². The Morgan fingerprint density at radius 1 is 1.07 bits per heavy atom. The van der Waals surface area contributed by atoms with Crippen LogP contribution in [0.3, 0.4) is 0 Å². The van der Waals surface area contributed by atoms with Crippen LogP contribution < -0.4 is 5.32 Å². The van der Waals surface area contributed by atoms with Crippen molar-refractivity contribution in [3.63, 3.8) is 0 Å². The average molecular weight is 382 g/mol. The Labute approximate surface area is 163 Å². The lowest BCUT2D eigenvalue weighted by atomic mass is 10.2. The molecule has 0 saturated carbocycles. The lowest BCUT2D eigenvalue weighted by Gasteiger charge is -2.34. The molecule has 140 valence electrons. The summed E-state index contributed by atoms with van der Waals surface area (Å²) in [5, 5.41) is 11.7. The summed E-state index contributed by atoms with van der Waals surface area (Å²) < 4.78 is 1.82. The lowest BCUT2D eigenvalue weighted by molar-refractivity contribution is 0.135. The number of thiophene rings is 1. The molecule has 0 bridgehead atoms. The second-order valence-electron chi connectivity index (χ2n) is 6.68. The van der Waals surface area contributed by atoms with Gasteiger partial charge in [-0.2, -0.15) is 16.4 Å². The fourth-order valence-corrected chi connectivity index (χ4v) is 3.87. The molecule has 0 aliphatic carbocycles. The number of para-hydroxylation sites is 1. The maximum absolute atomic E-state index is 12.4. The molecule has 1 aliphatic rings. The summed E-state index contributed by atoms with van der Waals surface area (Å²) in [5.41, 5.74) is 3.36. The second-order valence-corrected chi connectivity index (χ2v) is 7.46. The Balaban J connectivity index is 1.24. The van der Waals surface area contributed by atoms with Gasteiger partial charge in [0.05, 0.1) is 11.9 Å². The highest BCUT2D eigenvalue weighted by atomic mass is 32.1. The van der Waals surface area contributed by atoms with E-state index in [1.54, 1.807) is 17.5 Å². The van der Waals surface area contributed by atoms with Crippen LogP contribution in [0, 0.1) is 0 Å². The smallest absolute Gasteiger partial charge is 0.317 e. The summed E-state index contributed by atoms with van der Waals surface area (Å²) in [6, 6.07) is 12.1. The maximum atomic E-state index is 12.4.